The molecule has 1 heterocycles. The highest BCUT2D eigenvalue weighted by Crippen LogP contribution is 2.40. The maximum atomic E-state index is 13.6. The molecule has 1 amide bonds. The predicted octanol–water partition coefficient (Wildman–Crippen LogP) is 4.03. The van der Waals surface area contributed by atoms with E-state index in [0.717, 1.165) is 31.7 Å². The molecule has 10 heteroatoms. The van der Waals surface area contributed by atoms with Gasteiger partial charge in [-0.25, -0.2) is 0 Å². The fraction of sp³-hybridized carbons (Fsp3) is 0.500. The third-order valence-electron chi connectivity index (χ3n) is 5.53. The summed E-state index contributed by atoms with van der Waals surface area (Å²) in [6, 6.07) is 5.51. The summed E-state index contributed by atoms with van der Waals surface area (Å²) in [5, 5.41) is 25.5. The van der Waals surface area contributed by atoms with Gasteiger partial charge < -0.3 is 15.5 Å². The number of hydrogen-bond acceptors (Lipinski definition) is 4. The van der Waals surface area contributed by atoms with Crippen LogP contribution in [0.25, 0.3) is 11.3 Å². The van der Waals surface area contributed by atoms with Crippen LogP contribution in [0.3, 0.4) is 0 Å². The summed E-state index contributed by atoms with van der Waals surface area (Å²) in [7, 11) is 0. The Hall–Kier alpha value is -2.88. The molecule has 0 aliphatic heterocycles. The number of alkyl halides is 3. The van der Waals surface area contributed by atoms with E-state index in [9.17, 15) is 27.9 Å². The van der Waals surface area contributed by atoms with Crippen molar-refractivity contribution in [1.29, 1.82) is 0 Å². The Morgan fingerprint density at radius 2 is 1.91 bits per heavy atom. The van der Waals surface area contributed by atoms with Crippen LogP contribution in [0.2, 0.25) is 0 Å². The van der Waals surface area contributed by atoms with Gasteiger partial charge in [-0.2, -0.15) is 18.3 Å². The molecule has 2 atom stereocenters. The molecule has 3 N–H and O–H groups in total. The zero-order valence-corrected chi connectivity index (χ0v) is 17.6. The zero-order valence-electron chi connectivity index (χ0n) is 17.6. The van der Waals surface area contributed by atoms with E-state index in [2.05, 4.69) is 10.4 Å². The topological polar surface area (TPSA) is 104 Å². The first-order chi connectivity index (χ1) is 15.1. The zero-order chi connectivity index (χ0) is 23.5. The van der Waals surface area contributed by atoms with Crippen LogP contribution in [0.15, 0.2) is 30.3 Å². The molecule has 32 heavy (non-hydrogen) atoms. The highest BCUT2D eigenvalue weighted by Gasteiger charge is 2.35. The molecule has 1 saturated carbocycles. The quantitative estimate of drug-likeness (QED) is 0.560. The summed E-state index contributed by atoms with van der Waals surface area (Å²) in [5.74, 6) is -1.84. The third kappa shape index (κ3) is 5.67. The first-order valence-electron chi connectivity index (χ1n) is 10.5. The van der Waals surface area contributed by atoms with Crippen LogP contribution < -0.4 is 5.32 Å². The molecule has 174 valence electrons. The Morgan fingerprint density at radius 3 is 2.50 bits per heavy atom. The maximum Gasteiger partial charge on any atom is 0.417 e. The highest BCUT2D eigenvalue weighted by molar-refractivity contribution is 5.94. The number of carboxylic acids is 1. The lowest BCUT2D eigenvalue weighted by Gasteiger charge is -2.18. The lowest BCUT2D eigenvalue weighted by atomic mass is 10.0. The van der Waals surface area contributed by atoms with Gasteiger partial charge in [0.1, 0.15) is 0 Å². The number of aliphatic hydroxyl groups excluding tert-OH is 1. The van der Waals surface area contributed by atoms with E-state index < -0.39 is 42.2 Å². The average Bonchev–Trinajstić information content (AvgIpc) is 3.36. The standard InChI is InChI=1S/C22H26F3N3O4/c1-13(29)10-14(11-20(30)31)26-21(32)18-12-19(28(27-18)15-6-2-3-7-15)16-8-4-5-9-17(16)22(23,24)25/h4-5,8-9,12-15,29H,2-3,6-7,10-11H2,1H3,(H,26,32)(H,30,31)/t13?,14-/m0/s1. The molecule has 1 unspecified atom stereocenters. The lowest BCUT2D eigenvalue weighted by molar-refractivity contribution is -0.138. The van der Waals surface area contributed by atoms with Gasteiger partial charge in [-0.1, -0.05) is 31.0 Å². The number of aliphatic hydroxyl groups is 1. The Labute approximate surface area is 183 Å². The molecule has 7 nitrogen and oxygen atoms in total. The van der Waals surface area contributed by atoms with Gasteiger partial charge in [0.05, 0.1) is 29.8 Å². The van der Waals surface area contributed by atoms with Crippen LogP contribution in [0.1, 0.15) is 67.5 Å². The number of hydrogen-bond donors (Lipinski definition) is 3. The molecule has 1 aliphatic carbocycles. The van der Waals surface area contributed by atoms with Gasteiger partial charge in [-0.15, -0.1) is 0 Å². The number of nitrogens with one attached hydrogen (secondary N) is 1. The molecule has 1 aromatic carbocycles. The number of carbonyl (C=O) groups is 2. The van der Waals surface area contributed by atoms with Gasteiger partial charge in [0.2, 0.25) is 0 Å². The van der Waals surface area contributed by atoms with Crippen LogP contribution in [0.4, 0.5) is 13.2 Å². The van der Waals surface area contributed by atoms with Crippen LogP contribution in [-0.4, -0.2) is 44.0 Å². The number of carbonyl (C=O) groups excluding carboxylic acids is 1. The van der Waals surface area contributed by atoms with Gasteiger partial charge in [-0.3, -0.25) is 14.3 Å². The number of nitrogens with zero attached hydrogens (tertiary/aromatic N) is 2. The van der Waals surface area contributed by atoms with E-state index in [1.807, 2.05) is 0 Å². The van der Waals surface area contributed by atoms with E-state index in [1.165, 1.54) is 35.9 Å². The molecule has 1 aromatic heterocycles. The van der Waals surface area contributed by atoms with E-state index >= 15 is 0 Å². The number of aromatic nitrogens is 2. The van der Waals surface area contributed by atoms with Gasteiger partial charge in [-0.05, 0) is 38.3 Å². The molecule has 2 aromatic rings. The van der Waals surface area contributed by atoms with Gasteiger partial charge in [0, 0.05) is 11.6 Å². The molecule has 3 rings (SSSR count). The molecule has 0 radical (unpaired) electrons. The second-order valence-corrected chi connectivity index (χ2v) is 8.19. The van der Waals surface area contributed by atoms with Crippen LogP contribution >= 0.6 is 0 Å². The number of halogens is 3. The SMILES string of the molecule is CC(O)C[C@@H](CC(=O)O)NC(=O)c1cc(-c2ccccc2C(F)(F)F)n(C2CCCC2)n1. The summed E-state index contributed by atoms with van der Waals surface area (Å²) in [6.07, 6.45) is -2.47. The van der Waals surface area contributed by atoms with Gasteiger partial charge in [0.25, 0.3) is 5.91 Å². The Morgan fingerprint density at radius 1 is 1.25 bits per heavy atom. The van der Waals surface area contributed by atoms with Crippen molar-refractivity contribution < 1.29 is 33.0 Å². The summed E-state index contributed by atoms with van der Waals surface area (Å²) >= 11 is 0. The smallest absolute Gasteiger partial charge is 0.417 e. The van der Waals surface area contributed by atoms with Crippen molar-refractivity contribution >= 4 is 11.9 Å². The van der Waals surface area contributed by atoms with Crippen LogP contribution in [0.5, 0.6) is 0 Å². The largest absolute Gasteiger partial charge is 0.481 e. The van der Waals surface area contributed by atoms with Crippen molar-refractivity contribution in [2.24, 2.45) is 0 Å². The second-order valence-electron chi connectivity index (χ2n) is 8.19. The molecular formula is C22H26F3N3O4. The predicted molar refractivity (Wildman–Crippen MR) is 110 cm³/mol. The fourth-order valence-corrected chi connectivity index (χ4v) is 4.16. The normalized spacial score (nSPS) is 16.7. The van der Waals surface area contributed by atoms with Crippen LogP contribution in [0, 0.1) is 0 Å². The molecule has 0 saturated heterocycles. The first kappa shape index (κ1) is 23.8. The van der Waals surface area contributed by atoms with Crippen LogP contribution in [-0.2, 0) is 11.0 Å². The molecule has 0 bridgehead atoms. The molecular weight excluding hydrogens is 427 g/mol. The summed E-state index contributed by atoms with van der Waals surface area (Å²) in [5.41, 5.74) is -0.779. The third-order valence-corrected chi connectivity index (χ3v) is 5.53. The number of benzene rings is 1. The second kappa shape index (κ2) is 9.72. The van der Waals surface area contributed by atoms with E-state index in [0.29, 0.717) is 0 Å². The van der Waals surface area contributed by atoms with E-state index in [-0.39, 0.29) is 29.4 Å². The van der Waals surface area contributed by atoms with Crippen molar-refractivity contribution in [2.45, 2.75) is 69.8 Å². The molecule has 0 spiro atoms. The highest BCUT2D eigenvalue weighted by atomic mass is 19.4. The van der Waals surface area contributed by atoms with E-state index in [4.69, 9.17) is 5.11 Å². The van der Waals surface area contributed by atoms with Crippen molar-refractivity contribution in [1.82, 2.24) is 15.1 Å². The molecule has 1 aliphatic rings. The number of aliphatic carboxylic acids is 1. The fourth-order valence-electron chi connectivity index (χ4n) is 4.16. The average molecular weight is 453 g/mol. The Kier molecular flexibility index (Phi) is 7.22. The number of rotatable bonds is 8. The minimum Gasteiger partial charge on any atom is -0.481 e. The maximum absolute atomic E-state index is 13.6. The molecule has 1 fully saturated rings. The van der Waals surface area contributed by atoms with Gasteiger partial charge in [0.15, 0.2) is 5.69 Å². The minimum absolute atomic E-state index is 0.0190. The Balaban J connectivity index is 1.99. The summed E-state index contributed by atoms with van der Waals surface area (Å²) in [6.45, 7) is 1.47. The van der Waals surface area contributed by atoms with Gasteiger partial charge >= 0.3 is 12.1 Å². The summed E-state index contributed by atoms with van der Waals surface area (Å²) < 4.78 is 42.4. The van der Waals surface area contributed by atoms with Crippen molar-refractivity contribution in [3.8, 4) is 11.3 Å². The van der Waals surface area contributed by atoms with E-state index in [1.54, 1.807) is 0 Å². The monoisotopic (exact) mass is 453 g/mol. The summed E-state index contributed by atoms with van der Waals surface area (Å²) in [4.78, 5) is 23.9. The first-order valence-corrected chi connectivity index (χ1v) is 10.5. The Bertz CT molecular complexity index is 966. The lowest BCUT2D eigenvalue weighted by Crippen LogP contribution is -2.38. The number of amides is 1. The van der Waals surface area contributed by atoms with Crippen molar-refractivity contribution in [2.75, 3.05) is 0 Å². The number of carboxylic acid groups (broad SMARTS) is 1. The van der Waals surface area contributed by atoms with Crippen molar-refractivity contribution in [3.05, 3.63) is 41.6 Å². The van der Waals surface area contributed by atoms with Crippen molar-refractivity contribution in [3.63, 3.8) is 0 Å². The minimum atomic E-state index is -4.58.